The van der Waals surface area contributed by atoms with E-state index in [0.717, 1.165) is 34.0 Å². The van der Waals surface area contributed by atoms with E-state index in [-0.39, 0.29) is 0 Å². The molecule has 0 saturated heterocycles. The lowest BCUT2D eigenvalue weighted by molar-refractivity contribution is 0.483. The van der Waals surface area contributed by atoms with Crippen LogP contribution in [0.25, 0.3) is 21.5 Å². The Hall–Kier alpha value is -5.02. The first-order chi connectivity index (χ1) is 18.3. The van der Waals surface area contributed by atoms with Gasteiger partial charge in [0.25, 0.3) is 0 Å². The maximum atomic E-state index is 6.03. The van der Waals surface area contributed by atoms with Crippen LogP contribution in [0.5, 0.6) is 11.5 Å². The highest BCUT2D eigenvalue weighted by atomic mass is 16.5. The molecule has 0 spiro atoms. The molecule has 6 aromatic carbocycles. The summed E-state index contributed by atoms with van der Waals surface area (Å²) in [7, 11) is 0. The molecule has 0 aliphatic rings. The Morgan fingerprint density at radius 3 is 1.27 bits per heavy atom. The van der Waals surface area contributed by atoms with Crippen molar-refractivity contribution >= 4 is 45.3 Å². The summed E-state index contributed by atoms with van der Waals surface area (Å²) in [5.41, 5.74) is 3.94. The van der Waals surface area contributed by atoms with Crippen LogP contribution in [0.4, 0.5) is 11.4 Å². The van der Waals surface area contributed by atoms with E-state index in [2.05, 4.69) is 94.9 Å². The van der Waals surface area contributed by atoms with Gasteiger partial charge in [0.2, 0.25) is 0 Å². The quantitative estimate of drug-likeness (QED) is 0.221. The van der Waals surface area contributed by atoms with Gasteiger partial charge in [0.05, 0.1) is 11.4 Å². The van der Waals surface area contributed by atoms with Gasteiger partial charge in [0.15, 0.2) is 0 Å². The normalized spacial score (nSPS) is 11.6. The van der Waals surface area contributed by atoms with Crippen LogP contribution < -0.4 is 4.74 Å². The maximum absolute atomic E-state index is 6.03. The highest BCUT2D eigenvalue weighted by Gasteiger charge is 2.01. The van der Waals surface area contributed by atoms with Crippen molar-refractivity contribution in [2.24, 2.45) is 9.98 Å². The van der Waals surface area contributed by atoms with Crippen LogP contribution in [-0.4, -0.2) is 12.4 Å². The largest absolute Gasteiger partial charge is 0.457 e. The third-order valence-electron chi connectivity index (χ3n) is 6.26. The monoisotopic (exact) mass is 476 g/mol. The van der Waals surface area contributed by atoms with Crippen LogP contribution in [0.2, 0.25) is 0 Å². The van der Waals surface area contributed by atoms with E-state index in [4.69, 9.17) is 4.74 Å². The van der Waals surface area contributed by atoms with Crippen LogP contribution >= 0.6 is 0 Å². The molecule has 0 atom stereocenters. The van der Waals surface area contributed by atoms with Crippen molar-refractivity contribution in [3.05, 3.63) is 145 Å². The summed E-state index contributed by atoms with van der Waals surface area (Å²) in [5, 5.41) is 4.80. The second kappa shape index (κ2) is 10.3. The Balaban J connectivity index is 1.12. The SMILES string of the molecule is C(=Nc1ccc(Oc2ccc(N=Cc3cccc4ccccc34)cc2)cc1)c1cccc2ccccc12. The molecule has 6 rings (SSSR count). The lowest BCUT2D eigenvalue weighted by atomic mass is 10.1. The molecule has 37 heavy (non-hydrogen) atoms. The molecule has 0 N–H and O–H groups in total. The van der Waals surface area contributed by atoms with Crippen molar-refractivity contribution in [2.75, 3.05) is 0 Å². The molecule has 0 bridgehead atoms. The van der Waals surface area contributed by atoms with E-state index in [1.54, 1.807) is 0 Å². The maximum Gasteiger partial charge on any atom is 0.127 e. The molecule has 0 unspecified atom stereocenters. The second-order valence-electron chi connectivity index (χ2n) is 8.74. The predicted octanol–water partition coefficient (Wildman–Crippen LogP) is 9.29. The number of aliphatic imine (C=N–C) groups is 2. The first-order valence-corrected chi connectivity index (χ1v) is 12.2. The second-order valence-corrected chi connectivity index (χ2v) is 8.74. The van der Waals surface area contributed by atoms with Gasteiger partial charge in [-0.2, -0.15) is 0 Å². The average Bonchev–Trinajstić information content (AvgIpc) is 2.96. The zero-order valence-corrected chi connectivity index (χ0v) is 20.2. The highest BCUT2D eigenvalue weighted by molar-refractivity contribution is 6.01. The molecule has 3 heteroatoms. The van der Waals surface area contributed by atoms with Crippen LogP contribution in [-0.2, 0) is 0 Å². The number of nitrogens with zero attached hydrogens (tertiary/aromatic N) is 2. The van der Waals surface area contributed by atoms with E-state index >= 15 is 0 Å². The molecule has 0 amide bonds. The average molecular weight is 477 g/mol. The van der Waals surface area contributed by atoms with Crippen molar-refractivity contribution < 1.29 is 4.74 Å². The number of ether oxygens (including phenoxy) is 1. The Labute approximate surface area is 216 Å². The minimum atomic E-state index is 0.760. The fraction of sp³-hybridized carbons (Fsp3) is 0. The van der Waals surface area contributed by atoms with Crippen LogP contribution in [0.3, 0.4) is 0 Å². The fourth-order valence-electron chi connectivity index (χ4n) is 4.35. The summed E-state index contributed by atoms with van der Waals surface area (Å²) in [5.74, 6) is 1.52. The van der Waals surface area contributed by atoms with Gasteiger partial charge >= 0.3 is 0 Å². The molecule has 0 fully saturated rings. The van der Waals surface area contributed by atoms with Crippen LogP contribution in [0.1, 0.15) is 11.1 Å². The fourth-order valence-corrected chi connectivity index (χ4v) is 4.35. The molecule has 0 aliphatic carbocycles. The Bertz CT molecular complexity index is 1590. The number of hydrogen-bond donors (Lipinski definition) is 0. The summed E-state index contributed by atoms with van der Waals surface area (Å²) in [6.45, 7) is 0. The number of rotatable bonds is 6. The molecular weight excluding hydrogens is 452 g/mol. The van der Waals surface area contributed by atoms with E-state index in [9.17, 15) is 0 Å². The lowest BCUT2D eigenvalue weighted by Gasteiger charge is -2.06. The van der Waals surface area contributed by atoms with Gasteiger partial charge in [-0.05, 0) is 70.1 Å². The first-order valence-electron chi connectivity index (χ1n) is 12.2. The molecule has 0 radical (unpaired) electrons. The summed E-state index contributed by atoms with van der Waals surface area (Å²) in [4.78, 5) is 9.31. The summed E-state index contributed by atoms with van der Waals surface area (Å²) >= 11 is 0. The number of fused-ring (bicyclic) bond motifs is 2. The molecule has 0 aromatic heterocycles. The standard InChI is InChI=1S/C34H24N2O/c1-3-13-33-25(7-1)9-5-11-27(33)23-35-29-15-19-31(20-16-29)37-32-21-17-30(18-22-32)36-24-28-12-6-10-26-8-2-4-14-34(26)28/h1-24H. The van der Waals surface area contributed by atoms with Crippen LogP contribution in [0.15, 0.2) is 143 Å². The van der Waals surface area contributed by atoms with E-state index in [0.29, 0.717) is 0 Å². The minimum Gasteiger partial charge on any atom is -0.457 e. The molecule has 6 aromatic rings. The molecular formula is C34H24N2O. The van der Waals surface area contributed by atoms with Gasteiger partial charge in [-0.25, -0.2) is 0 Å². The van der Waals surface area contributed by atoms with Crippen molar-refractivity contribution in [2.45, 2.75) is 0 Å². The number of hydrogen-bond acceptors (Lipinski definition) is 3. The third-order valence-corrected chi connectivity index (χ3v) is 6.26. The van der Waals surface area contributed by atoms with E-state index in [1.807, 2.05) is 61.0 Å². The van der Waals surface area contributed by atoms with Crippen molar-refractivity contribution in [3.8, 4) is 11.5 Å². The van der Waals surface area contributed by atoms with Crippen LogP contribution in [0, 0.1) is 0 Å². The highest BCUT2D eigenvalue weighted by Crippen LogP contribution is 2.27. The minimum absolute atomic E-state index is 0.760. The third kappa shape index (κ3) is 5.16. The molecule has 0 heterocycles. The van der Waals surface area contributed by atoms with E-state index < -0.39 is 0 Å². The molecule has 176 valence electrons. The predicted molar refractivity (Wildman–Crippen MR) is 155 cm³/mol. The molecule has 0 aliphatic heterocycles. The van der Waals surface area contributed by atoms with Crippen molar-refractivity contribution in [1.29, 1.82) is 0 Å². The van der Waals surface area contributed by atoms with Gasteiger partial charge in [-0.3, -0.25) is 9.98 Å². The number of benzene rings is 6. The van der Waals surface area contributed by atoms with Gasteiger partial charge in [0.1, 0.15) is 11.5 Å². The lowest BCUT2D eigenvalue weighted by Crippen LogP contribution is -1.85. The van der Waals surface area contributed by atoms with Crippen molar-refractivity contribution in [3.63, 3.8) is 0 Å². The van der Waals surface area contributed by atoms with Gasteiger partial charge < -0.3 is 4.74 Å². The zero-order valence-electron chi connectivity index (χ0n) is 20.2. The Morgan fingerprint density at radius 2 is 0.811 bits per heavy atom. The smallest absolute Gasteiger partial charge is 0.127 e. The van der Waals surface area contributed by atoms with Gasteiger partial charge in [-0.1, -0.05) is 84.9 Å². The summed E-state index contributed by atoms with van der Waals surface area (Å²) in [6, 6.07) is 44.7. The zero-order chi connectivity index (χ0) is 24.9. The first kappa shape index (κ1) is 22.4. The topological polar surface area (TPSA) is 34.0 Å². The van der Waals surface area contributed by atoms with Gasteiger partial charge in [0, 0.05) is 23.6 Å². The van der Waals surface area contributed by atoms with E-state index in [1.165, 1.54) is 21.5 Å². The molecule has 0 saturated carbocycles. The Kier molecular flexibility index (Phi) is 6.25. The summed E-state index contributed by atoms with van der Waals surface area (Å²) < 4.78 is 6.03. The van der Waals surface area contributed by atoms with Crippen molar-refractivity contribution in [1.82, 2.24) is 0 Å². The Morgan fingerprint density at radius 1 is 0.405 bits per heavy atom. The summed E-state index contributed by atoms with van der Waals surface area (Å²) in [6.07, 6.45) is 3.82. The van der Waals surface area contributed by atoms with Gasteiger partial charge in [-0.15, -0.1) is 0 Å². The molecule has 3 nitrogen and oxygen atoms in total.